The SMILES string of the molecule is CC/C=C\C/C=C\C/C=C\CCCCCCCC(=O)O[C@H](COC(=O)CCC/C=C/C[C@@H]1[C@@H](/C=C/[C@@H](O)CCCCC)[C@H](O)C[C@@H]1O)COP(=O)(O)OCCN. The Hall–Kier alpha value is -2.41. The second kappa shape index (κ2) is 33.6. The highest BCUT2D eigenvalue weighted by Crippen LogP contribution is 2.43. The van der Waals surface area contributed by atoms with E-state index in [-0.39, 0.29) is 50.9 Å². The molecule has 0 aromatic heterocycles. The number of carbonyl (C=O) groups is 2. The number of ether oxygens (including phenoxy) is 2. The summed E-state index contributed by atoms with van der Waals surface area (Å²) in [5, 5.41) is 31.3. The van der Waals surface area contributed by atoms with Gasteiger partial charge in [-0.05, 0) is 70.1 Å². The second-order valence-electron chi connectivity index (χ2n) is 14.4. The van der Waals surface area contributed by atoms with E-state index in [2.05, 4.69) is 50.3 Å². The molecule has 0 aromatic rings. The van der Waals surface area contributed by atoms with Crippen molar-refractivity contribution in [3.05, 3.63) is 60.8 Å². The first-order valence-electron chi connectivity index (χ1n) is 21.0. The average molecular weight is 812 g/mol. The molecule has 12 nitrogen and oxygen atoms in total. The number of hydrogen-bond acceptors (Lipinski definition) is 11. The van der Waals surface area contributed by atoms with Gasteiger partial charge in [-0.1, -0.05) is 113 Å². The molecule has 56 heavy (non-hydrogen) atoms. The summed E-state index contributed by atoms with van der Waals surface area (Å²) < 4.78 is 32.7. The molecule has 0 radical (unpaired) electrons. The highest BCUT2D eigenvalue weighted by Gasteiger charge is 2.39. The minimum absolute atomic E-state index is 0.0125. The maximum atomic E-state index is 12.6. The lowest BCUT2D eigenvalue weighted by molar-refractivity contribution is -0.161. The fourth-order valence-electron chi connectivity index (χ4n) is 6.29. The van der Waals surface area contributed by atoms with Crippen molar-refractivity contribution in [2.24, 2.45) is 17.6 Å². The molecule has 1 rings (SSSR count). The molecule has 0 spiro atoms. The highest BCUT2D eigenvalue weighted by molar-refractivity contribution is 7.47. The van der Waals surface area contributed by atoms with E-state index in [1.54, 1.807) is 6.08 Å². The van der Waals surface area contributed by atoms with Gasteiger partial charge in [0.25, 0.3) is 0 Å². The molecule has 1 aliphatic carbocycles. The number of aliphatic hydroxyl groups is 3. The van der Waals surface area contributed by atoms with Gasteiger partial charge in [-0.2, -0.15) is 0 Å². The molecule has 0 amide bonds. The van der Waals surface area contributed by atoms with E-state index in [1.165, 1.54) is 0 Å². The molecule has 13 heteroatoms. The number of allylic oxidation sites excluding steroid dienone is 8. The van der Waals surface area contributed by atoms with Gasteiger partial charge in [0.1, 0.15) is 6.61 Å². The number of rotatable bonds is 34. The number of esters is 2. The van der Waals surface area contributed by atoms with Crippen molar-refractivity contribution in [1.82, 2.24) is 0 Å². The Bertz CT molecular complexity index is 1220. The number of aliphatic hydroxyl groups excluding tert-OH is 3. The molecule has 0 aliphatic heterocycles. The molecular formula is C43H74NO11P. The zero-order valence-corrected chi connectivity index (χ0v) is 35.1. The largest absolute Gasteiger partial charge is 0.472 e. The quantitative estimate of drug-likeness (QED) is 0.0182. The third kappa shape index (κ3) is 27.3. The van der Waals surface area contributed by atoms with E-state index in [0.29, 0.717) is 32.1 Å². The summed E-state index contributed by atoms with van der Waals surface area (Å²) in [6.45, 7) is 3.20. The van der Waals surface area contributed by atoms with Gasteiger partial charge in [-0.25, -0.2) is 4.57 Å². The first kappa shape index (κ1) is 51.6. The van der Waals surface area contributed by atoms with Crippen LogP contribution in [0.5, 0.6) is 0 Å². The van der Waals surface area contributed by atoms with Crippen molar-refractivity contribution in [1.29, 1.82) is 0 Å². The van der Waals surface area contributed by atoms with E-state index in [9.17, 15) is 34.4 Å². The van der Waals surface area contributed by atoms with E-state index in [0.717, 1.165) is 70.6 Å². The van der Waals surface area contributed by atoms with Gasteiger partial charge in [0.2, 0.25) is 0 Å². The van der Waals surface area contributed by atoms with Crippen molar-refractivity contribution in [2.45, 2.75) is 160 Å². The van der Waals surface area contributed by atoms with Gasteiger partial charge >= 0.3 is 19.8 Å². The van der Waals surface area contributed by atoms with E-state index < -0.39 is 50.8 Å². The Labute approximate surface area is 336 Å². The first-order valence-corrected chi connectivity index (χ1v) is 22.5. The zero-order valence-electron chi connectivity index (χ0n) is 34.2. The van der Waals surface area contributed by atoms with Gasteiger partial charge in [-0.15, -0.1) is 0 Å². The van der Waals surface area contributed by atoms with Crippen LogP contribution in [0.3, 0.4) is 0 Å². The van der Waals surface area contributed by atoms with Crippen molar-refractivity contribution in [2.75, 3.05) is 26.4 Å². The molecule has 322 valence electrons. The summed E-state index contributed by atoms with van der Waals surface area (Å²) >= 11 is 0. The standard InChI is InChI=1S/C43H74NO11P/c1-3-5-7-8-9-10-11-12-13-14-15-16-17-18-24-28-43(49)55-37(35-54-56(50,51)53-32-31-44)34-52-42(48)27-23-20-19-22-26-38-39(41(47)33-40(38)46)30-29-36(45)25-21-6-4-2/h5,7,9-10,12-13,19,22,29-30,36-41,45-47H,3-4,6,8,11,14-18,20-21,23-28,31-35,44H2,1-2H3,(H,50,51)/b7-5-,10-9-,13-12-,22-19+,30-29+/t36-,37+,38+,39+,40-,41+/m0/s1. The topological polar surface area (TPSA) is 195 Å². The fourth-order valence-corrected chi connectivity index (χ4v) is 7.05. The van der Waals surface area contributed by atoms with E-state index >= 15 is 0 Å². The monoisotopic (exact) mass is 811 g/mol. The van der Waals surface area contributed by atoms with Crippen molar-refractivity contribution < 1.29 is 52.9 Å². The Morgan fingerprint density at radius 1 is 0.786 bits per heavy atom. The molecule has 0 heterocycles. The van der Waals surface area contributed by atoms with Gasteiger partial charge in [0, 0.05) is 31.7 Å². The minimum atomic E-state index is -4.44. The van der Waals surface area contributed by atoms with Gasteiger partial charge < -0.3 is 35.4 Å². The summed E-state index contributed by atoms with van der Waals surface area (Å²) in [4.78, 5) is 35.0. The van der Waals surface area contributed by atoms with Crippen LogP contribution in [-0.4, -0.2) is 82.9 Å². The lowest BCUT2D eigenvalue weighted by atomic mass is 9.89. The third-order valence-electron chi connectivity index (χ3n) is 9.46. The van der Waals surface area contributed by atoms with E-state index in [4.69, 9.17) is 24.3 Å². The number of phosphoric acid groups is 1. The number of hydrogen-bond donors (Lipinski definition) is 5. The van der Waals surface area contributed by atoms with Gasteiger partial charge in [0.05, 0.1) is 31.5 Å². The second-order valence-corrected chi connectivity index (χ2v) is 15.9. The molecule has 1 unspecified atom stereocenters. The van der Waals surface area contributed by atoms with Crippen LogP contribution < -0.4 is 5.73 Å². The van der Waals surface area contributed by atoms with Crippen LogP contribution in [0.2, 0.25) is 0 Å². The number of phosphoric ester groups is 1. The number of unbranched alkanes of at least 4 members (excludes halogenated alkanes) is 8. The van der Waals surface area contributed by atoms with Crippen LogP contribution >= 0.6 is 7.82 Å². The molecular weight excluding hydrogens is 737 g/mol. The summed E-state index contributed by atoms with van der Waals surface area (Å²) in [7, 11) is -4.44. The van der Waals surface area contributed by atoms with Gasteiger partial charge in [0.15, 0.2) is 6.10 Å². The van der Waals surface area contributed by atoms with Gasteiger partial charge in [-0.3, -0.25) is 18.6 Å². The Morgan fingerprint density at radius 2 is 1.45 bits per heavy atom. The van der Waals surface area contributed by atoms with E-state index in [1.807, 2.05) is 18.2 Å². The number of nitrogens with two attached hydrogens (primary N) is 1. The molecule has 0 bridgehead atoms. The average Bonchev–Trinajstić information content (AvgIpc) is 3.44. The lowest BCUT2D eigenvalue weighted by Crippen LogP contribution is -2.29. The Balaban J connectivity index is 2.44. The minimum Gasteiger partial charge on any atom is -0.462 e. The van der Waals surface area contributed by atoms with Crippen molar-refractivity contribution >= 4 is 19.8 Å². The predicted molar refractivity (Wildman–Crippen MR) is 221 cm³/mol. The van der Waals surface area contributed by atoms with Crippen LogP contribution in [0.4, 0.5) is 0 Å². The molecule has 6 N–H and O–H groups in total. The molecule has 0 saturated heterocycles. The molecule has 7 atom stereocenters. The van der Waals surface area contributed by atoms with Crippen LogP contribution in [0, 0.1) is 11.8 Å². The predicted octanol–water partition coefficient (Wildman–Crippen LogP) is 8.10. The molecule has 1 aliphatic rings. The smallest absolute Gasteiger partial charge is 0.462 e. The highest BCUT2D eigenvalue weighted by atomic mass is 31.2. The molecule has 0 aromatic carbocycles. The number of carbonyl (C=O) groups excluding carboxylic acids is 2. The summed E-state index contributed by atoms with van der Waals surface area (Å²) in [6.07, 6.45) is 32.1. The Morgan fingerprint density at radius 3 is 2.18 bits per heavy atom. The van der Waals surface area contributed by atoms with Crippen LogP contribution in [-0.2, 0) is 32.7 Å². The van der Waals surface area contributed by atoms with Crippen LogP contribution in [0.1, 0.15) is 136 Å². The maximum Gasteiger partial charge on any atom is 0.472 e. The third-order valence-corrected chi connectivity index (χ3v) is 10.4. The zero-order chi connectivity index (χ0) is 41.3. The first-order chi connectivity index (χ1) is 27.0. The van der Waals surface area contributed by atoms with Crippen molar-refractivity contribution in [3.8, 4) is 0 Å². The summed E-state index contributed by atoms with van der Waals surface area (Å²) in [5.41, 5.74) is 5.34. The van der Waals surface area contributed by atoms with Crippen LogP contribution in [0.15, 0.2) is 60.8 Å². The summed E-state index contributed by atoms with van der Waals surface area (Å²) in [5.74, 6) is -1.45. The van der Waals surface area contributed by atoms with Crippen molar-refractivity contribution in [3.63, 3.8) is 0 Å². The summed E-state index contributed by atoms with van der Waals surface area (Å²) in [6, 6.07) is 0. The normalized spacial score (nSPS) is 21.2. The molecule has 1 saturated carbocycles. The lowest BCUT2D eigenvalue weighted by Gasteiger charge is -2.20. The Kier molecular flexibility index (Phi) is 30.9. The van der Waals surface area contributed by atoms with Crippen LogP contribution in [0.25, 0.3) is 0 Å². The molecule has 1 fully saturated rings. The fraction of sp³-hybridized carbons (Fsp3) is 0.721. The maximum absolute atomic E-state index is 12.6.